The molecule has 0 amide bonds. The van der Waals surface area contributed by atoms with Crippen molar-refractivity contribution >= 4 is 15.7 Å². The Balaban J connectivity index is 1.65. The Labute approximate surface area is 108 Å². The summed E-state index contributed by atoms with van der Waals surface area (Å²) in [6, 6.07) is 10.2. The summed E-state index contributed by atoms with van der Waals surface area (Å²) in [5, 5.41) is -0.0826. The van der Waals surface area contributed by atoms with Gasteiger partial charge in [0, 0.05) is 31.9 Å². The van der Waals surface area contributed by atoms with Crippen LogP contribution < -0.4 is 4.90 Å². The van der Waals surface area contributed by atoms with Gasteiger partial charge < -0.3 is 4.90 Å². The van der Waals surface area contributed by atoms with Crippen LogP contribution in [0.1, 0.15) is 12.8 Å². The van der Waals surface area contributed by atoms with Gasteiger partial charge in [-0.2, -0.15) is 4.31 Å². The van der Waals surface area contributed by atoms with Gasteiger partial charge in [-0.1, -0.05) is 18.2 Å². The lowest BCUT2D eigenvalue weighted by Gasteiger charge is -2.35. The zero-order chi connectivity index (χ0) is 12.6. The van der Waals surface area contributed by atoms with Crippen molar-refractivity contribution in [2.24, 2.45) is 0 Å². The number of hydrogen-bond donors (Lipinski definition) is 0. The number of para-hydroxylation sites is 1. The highest BCUT2D eigenvalue weighted by Gasteiger charge is 2.40. The minimum Gasteiger partial charge on any atom is -0.369 e. The van der Waals surface area contributed by atoms with Crippen LogP contribution in [-0.4, -0.2) is 44.2 Å². The molecule has 4 nitrogen and oxygen atoms in total. The van der Waals surface area contributed by atoms with E-state index in [9.17, 15) is 8.42 Å². The molecule has 1 aliphatic carbocycles. The molecule has 0 unspecified atom stereocenters. The van der Waals surface area contributed by atoms with Gasteiger partial charge >= 0.3 is 0 Å². The minimum atomic E-state index is -2.99. The van der Waals surface area contributed by atoms with Crippen molar-refractivity contribution in [3.8, 4) is 0 Å². The lowest BCUT2D eigenvalue weighted by Crippen LogP contribution is -2.49. The summed E-state index contributed by atoms with van der Waals surface area (Å²) in [6.07, 6.45) is 1.70. The molecule has 0 aromatic heterocycles. The molecule has 3 rings (SSSR count). The largest absolute Gasteiger partial charge is 0.369 e. The maximum absolute atomic E-state index is 12.1. The van der Waals surface area contributed by atoms with Gasteiger partial charge in [0.1, 0.15) is 0 Å². The van der Waals surface area contributed by atoms with Gasteiger partial charge in [0.05, 0.1) is 5.25 Å². The molecule has 0 spiro atoms. The maximum Gasteiger partial charge on any atom is 0.217 e. The summed E-state index contributed by atoms with van der Waals surface area (Å²) in [6.45, 7) is 2.81. The van der Waals surface area contributed by atoms with Gasteiger partial charge in [-0.3, -0.25) is 0 Å². The van der Waals surface area contributed by atoms with Gasteiger partial charge in [-0.15, -0.1) is 0 Å². The van der Waals surface area contributed by atoms with Crippen LogP contribution in [0.15, 0.2) is 30.3 Å². The fourth-order valence-corrected chi connectivity index (χ4v) is 4.24. The maximum atomic E-state index is 12.1. The first-order valence-corrected chi connectivity index (χ1v) is 7.97. The Morgan fingerprint density at radius 2 is 1.56 bits per heavy atom. The summed E-state index contributed by atoms with van der Waals surface area (Å²) in [4.78, 5) is 2.25. The van der Waals surface area contributed by atoms with E-state index in [-0.39, 0.29) is 5.25 Å². The van der Waals surface area contributed by atoms with Crippen LogP contribution in [0.4, 0.5) is 5.69 Å². The second-order valence-electron chi connectivity index (χ2n) is 4.97. The van der Waals surface area contributed by atoms with E-state index in [1.54, 1.807) is 4.31 Å². The van der Waals surface area contributed by atoms with Gasteiger partial charge in [0.15, 0.2) is 0 Å². The summed E-state index contributed by atoms with van der Waals surface area (Å²) < 4.78 is 25.9. The second kappa shape index (κ2) is 4.55. The fourth-order valence-electron chi connectivity index (χ4n) is 2.42. The van der Waals surface area contributed by atoms with Crippen molar-refractivity contribution < 1.29 is 8.42 Å². The first kappa shape index (κ1) is 12.0. The van der Waals surface area contributed by atoms with Crippen molar-refractivity contribution in [3.63, 3.8) is 0 Å². The topological polar surface area (TPSA) is 40.6 Å². The Morgan fingerprint density at radius 3 is 2.11 bits per heavy atom. The van der Waals surface area contributed by atoms with Gasteiger partial charge in [-0.05, 0) is 25.0 Å². The standard InChI is InChI=1S/C13H18N2O2S/c16-18(17,13-6-7-13)15-10-8-14(9-11-15)12-4-2-1-3-5-12/h1-5,13H,6-11H2. The molecular formula is C13H18N2O2S. The van der Waals surface area contributed by atoms with Crippen LogP contribution in [0.5, 0.6) is 0 Å². The summed E-state index contributed by atoms with van der Waals surface area (Å²) in [7, 11) is -2.99. The first-order valence-electron chi connectivity index (χ1n) is 6.47. The Kier molecular flexibility index (Phi) is 3.03. The third kappa shape index (κ3) is 2.24. The molecule has 5 heteroatoms. The van der Waals surface area contributed by atoms with E-state index in [2.05, 4.69) is 17.0 Å². The smallest absolute Gasteiger partial charge is 0.217 e. The lowest BCUT2D eigenvalue weighted by molar-refractivity contribution is 0.384. The van der Waals surface area contributed by atoms with Gasteiger partial charge in [0.2, 0.25) is 10.0 Å². The SMILES string of the molecule is O=S(=O)(C1CC1)N1CCN(c2ccccc2)CC1. The molecular weight excluding hydrogens is 248 g/mol. The fraction of sp³-hybridized carbons (Fsp3) is 0.538. The number of sulfonamides is 1. The van der Waals surface area contributed by atoms with Crippen LogP contribution in [0.3, 0.4) is 0 Å². The second-order valence-corrected chi connectivity index (χ2v) is 7.18. The highest BCUT2D eigenvalue weighted by Crippen LogP contribution is 2.31. The lowest BCUT2D eigenvalue weighted by atomic mass is 10.2. The van der Waals surface area contributed by atoms with E-state index in [4.69, 9.17) is 0 Å². The van der Waals surface area contributed by atoms with E-state index >= 15 is 0 Å². The normalized spacial score (nSPS) is 22.1. The first-order chi connectivity index (χ1) is 8.68. The van der Waals surface area contributed by atoms with E-state index in [0.717, 1.165) is 25.9 Å². The van der Waals surface area contributed by atoms with Gasteiger partial charge in [0.25, 0.3) is 0 Å². The number of rotatable bonds is 3. The number of hydrogen-bond acceptors (Lipinski definition) is 3. The number of anilines is 1. The van der Waals surface area contributed by atoms with E-state index in [1.807, 2.05) is 18.2 Å². The summed E-state index contributed by atoms with van der Waals surface area (Å²) in [5.41, 5.74) is 1.18. The van der Waals surface area contributed by atoms with Crippen LogP contribution >= 0.6 is 0 Å². The Hall–Kier alpha value is -1.07. The van der Waals surface area contributed by atoms with Crippen LogP contribution in [-0.2, 0) is 10.0 Å². The van der Waals surface area contributed by atoms with Gasteiger partial charge in [-0.25, -0.2) is 8.42 Å². The molecule has 2 fully saturated rings. The molecule has 18 heavy (non-hydrogen) atoms. The zero-order valence-electron chi connectivity index (χ0n) is 10.3. The molecule has 1 saturated heterocycles. The predicted molar refractivity (Wildman–Crippen MR) is 72.2 cm³/mol. The molecule has 0 radical (unpaired) electrons. The third-order valence-electron chi connectivity index (χ3n) is 3.67. The minimum absolute atomic E-state index is 0.0826. The molecule has 98 valence electrons. The molecule has 0 atom stereocenters. The van der Waals surface area contributed by atoms with Crippen molar-refractivity contribution in [2.45, 2.75) is 18.1 Å². The quantitative estimate of drug-likeness (QED) is 0.828. The molecule has 2 aliphatic rings. The van der Waals surface area contributed by atoms with E-state index < -0.39 is 10.0 Å². The van der Waals surface area contributed by atoms with Crippen molar-refractivity contribution in [1.29, 1.82) is 0 Å². The Bertz CT molecular complexity index is 503. The average molecular weight is 266 g/mol. The van der Waals surface area contributed by atoms with Crippen molar-refractivity contribution in [1.82, 2.24) is 4.31 Å². The zero-order valence-corrected chi connectivity index (χ0v) is 11.1. The molecule has 0 bridgehead atoms. The number of piperazine rings is 1. The van der Waals surface area contributed by atoms with E-state index in [1.165, 1.54) is 5.69 Å². The molecule has 1 aromatic rings. The Morgan fingerprint density at radius 1 is 0.944 bits per heavy atom. The molecule has 1 aliphatic heterocycles. The van der Waals surface area contributed by atoms with Crippen LogP contribution in [0.2, 0.25) is 0 Å². The molecule has 1 aromatic carbocycles. The summed E-state index contributed by atoms with van der Waals surface area (Å²) >= 11 is 0. The molecule has 1 saturated carbocycles. The highest BCUT2D eigenvalue weighted by atomic mass is 32.2. The number of nitrogens with zero attached hydrogens (tertiary/aromatic N) is 2. The highest BCUT2D eigenvalue weighted by molar-refractivity contribution is 7.90. The number of benzene rings is 1. The average Bonchev–Trinajstić information content (AvgIpc) is 3.25. The van der Waals surface area contributed by atoms with Crippen molar-refractivity contribution in [2.75, 3.05) is 31.1 Å². The van der Waals surface area contributed by atoms with Crippen molar-refractivity contribution in [3.05, 3.63) is 30.3 Å². The predicted octanol–water partition coefficient (Wildman–Crippen LogP) is 1.30. The third-order valence-corrected chi connectivity index (χ3v) is 6.06. The monoisotopic (exact) mass is 266 g/mol. The summed E-state index contributed by atoms with van der Waals surface area (Å²) in [5.74, 6) is 0. The van der Waals surface area contributed by atoms with Crippen LogP contribution in [0.25, 0.3) is 0 Å². The molecule has 0 N–H and O–H groups in total. The van der Waals surface area contributed by atoms with E-state index in [0.29, 0.717) is 13.1 Å². The molecule has 1 heterocycles. The van der Waals surface area contributed by atoms with Crippen LogP contribution in [0, 0.1) is 0 Å².